The van der Waals surface area contributed by atoms with Crippen molar-refractivity contribution in [2.24, 2.45) is 0 Å². The van der Waals surface area contributed by atoms with E-state index in [1.165, 1.54) is 11.6 Å². The van der Waals surface area contributed by atoms with Crippen molar-refractivity contribution >= 4 is 16.8 Å². The van der Waals surface area contributed by atoms with Crippen molar-refractivity contribution in [2.45, 2.75) is 38.8 Å². The molecule has 10 nitrogen and oxygen atoms in total. The van der Waals surface area contributed by atoms with Crippen LogP contribution in [0.1, 0.15) is 41.5 Å². The van der Waals surface area contributed by atoms with Gasteiger partial charge in [0.25, 0.3) is 0 Å². The molecule has 3 aromatic heterocycles. The Morgan fingerprint density at radius 1 is 1.16 bits per heavy atom. The third-order valence-corrected chi connectivity index (χ3v) is 7.12. The second kappa shape index (κ2) is 9.42. The monoisotopic (exact) mass is 497 g/mol. The summed E-state index contributed by atoms with van der Waals surface area (Å²) < 4.78 is 15.0. The number of nitrogens with zero attached hydrogens (tertiary/aromatic N) is 7. The van der Waals surface area contributed by atoms with Crippen molar-refractivity contribution < 1.29 is 14.3 Å². The number of imidazole rings is 1. The number of pyridine rings is 1. The van der Waals surface area contributed by atoms with Crippen LogP contribution >= 0.6 is 0 Å². The average Bonchev–Trinajstić information content (AvgIpc) is 3.46. The van der Waals surface area contributed by atoms with Gasteiger partial charge in [-0.15, -0.1) is 0 Å². The van der Waals surface area contributed by atoms with E-state index in [4.69, 9.17) is 14.5 Å². The molecule has 2 aliphatic rings. The molecule has 1 aromatic carbocycles. The van der Waals surface area contributed by atoms with Gasteiger partial charge < -0.3 is 9.47 Å². The largest absolute Gasteiger partial charge is 0.490 e. The summed E-state index contributed by atoms with van der Waals surface area (Å²) in [5.74, 6) is 1.65. The number of ketones is 1. The van der Waals surface area contributed by atoms with Crippen molar-refractivity contribution in [3.05, 3.63) is 59.7 Å². The van der Waals surface area contributed by atoms with E-state index in [9.17, 15) is 10.1 Å². The summed E-state index contributed by atoms with van der Waals surface area (Å²) >= 11 is 0. The summed E-state index contributed by atoms with van der Waals surface area (Å²) in [6.45, 7) is 7.08. The number of nitriles is 1. The van der Waals surface area contributed by atoms with Crippen molar-refractivity contribution in [2.75, 3.05) is 26.3 Å². The summed E-state index contributed by atoms with van der Waals surface area (Å²) in [6.07, 6.45) is 3.90. The van der Waals surface area contributed by atoms with Gasteiger partial charge in [0.1, 0.15) is 30.1 Å². The number of hydrogen-bond donors (Lipinski definition) is 0. The average molecular weight is 498 g/mol. The van der Waals surface area contributed by atoms with Gasteiger partial charge >= 0.3 is 0 Å². The first-order valence-corrected chi connectivity index (χ1v) is 12.4. The van der Waals surface area contributed by atoms with E-state index in [1.807, 2.05) is 35.8 Å². The van der Waals surface area contributed by atoms with E-state index in [2.05, 4.69) is 15.0 Å². The number of aryl methyl sites for hydroxylation is 1. The lowest BCUT2D eigenvalue weighted by Crippen LogP contribution is -2.52. The molecule has 6 rings (SSSR count). The predicted octanol–water partition coefficient (Wildman–Crippen LogP) is 3.23. The fraction of sp³-hybridized carbons (Fsp3) is 0.370. The van der Waals surface area contributed by atoms with E-state index < -0.39 is 0 Å². The summed E-state index contributed by atoms with van der Waals surface area (Å²) in [5, 5.41) is 13.6. The predicted molar refractivity (Wildman–Crippen MR) is 135 cm³/mol. The van der Waals surface area contributed by atoms with Crippen molar-refractivity contribution in [1.82, 2.24) is 29.2 Å². The molecule has 5 heterocycles. The Balaban J connectivity index is 1.26. The van der Waals surface area contributed by atoms with Crippen LogP contribution in [-0.4, -0.2) is 73.4 Å². The number of benzene rings is 1. The Hall–Kier alpha value is -4.07. The standard InChI is InChI=1S/C27H27N7O3/c1-17-11-19(13-28)31-34(17)27-23(18(2)35)4-6-26(30-27)33-16-29-24-12-22(3-5-25(24)33)37-21-7-9-32(10-8-21)20-14-36-15-20/h3-6,11-12,16,20-21H,7-10,14-15H2,1-2H3. The maximum Gasteiger partial charge on any atom is 0.166 e. The maximum atomic E-state index is 12.3. The molecule has 0 atom stereocenters. The number of hydrogen-bond acceptors (Lipinski definition) is 8. The number of piperidine rings is 1. The zero-order valence-corrected chi connectivity index (χ0v) is 20.8. The van der Waals surface area contributed by atoms with Gasteiger partial charge in [-0.1, -0.05) is 0 Å². The quantitative estimate of drug-likeness (QED) is 0.373. The molecule has 0 unspecified atom stereocenters. The van der Waals surface area contributed by atoms with Gasteiger partial charge in [0.15, 0.2) is 17.3 Å². The second-order valence-corrected chi connectivity index (χ2v) is 9.60. The fourth-order valence-electron chi connectivity index (χ4n) is 4.99. The minimum absolute atomic E-state index is 0.133. The number of carbonyl (C=O) groups is 1. The minimum Gasteiger partial charge on any atom is -0.490 e. The molecule has 2 saturated heterocycles. The zero-order valence-electron chi connectivity index (χ0n) is 20.8. The van der Waals surface area contributed by atoms with Crippen LogP contribution in [0.5, 0.6) is 5.75 Å². The molecule has 0 saturated carbocycles. The number of fused-ring (bicyclic) bond motifs is 1. The third kappa shape index (κ3) is 4.37. The molecular formula is C27H27N7O3. The molecule has 0 aliphatic carbocycles. The molecule has 10 heteroatoms. The molecule has 0 radical (unpaired) electrons. The molecule has 0 amide bonds. The third-order valence-electron chi connectivity index (χ3n) is 7.12. The van der Waals surface area contributed by atoms with Gasteiger partial charge in [-0.05, 0) is 57.0 Å². The highest BCUT2D eigenvalue weighted by atomic mass is 16.5. The van der Waals surface area contributed by atoms with Crippen LogP contribution in [0.4, 0.5) is 0 Å². The van der Waals surface area contributed by atoms with E-state index in [0.29, 0.717) is 28.9 Å². The van der Waals surface area contributed by atoms with E-state index in [1.54, 1.807) is 24.5 Å². The highest BCUT2D eigenvalue weighted by molar-refractivity contribution is 5.97. The second-order valence-electron chi connectivity index (χ2n) is 9.60. The molecule has 0 bridgehead atoms. The van der Waals surface area contributed by atoms with Crippen molar-refractivity contribution in [1.29, 1.82) is 5.26 Å². The van der Waals surface area contributed by atoms with E-state index >= 15 is 0 Å². The van der Waals surface area contributed by atoms with Crippen LogP contribution in [0.25, 0.3) is 22.7 Å². The molecule has 2 aliphatic heterocycles. The van der Waals surface area contributed by atoms with E-state index in [0.717, 1.165) is 55.9 Å². The SMILES string of the molecule is CC(=O)c1ccc(-n2cnc3cc(OC4CCN(C5COC5)CC4)ccc32)nc1-n1nc(C#N)cc1C. The van der Waals surface area contributed by atoms with Gasteiger partial charge in [0.2, 0.25) is 0 Å². The summed E-state index contributed by atoms with van der Waals surface area (Å²) in [7, 11) is 0. The summed E-state index contributed by atoms with van der Waals surface area (Å²) in [6, 6.07) is 13.7. The van der Waals surface area contributed by atoms with Gasteiger partial charge in [-0.25, -0.2) is 14.6 Å². The van der Waals surface area contributed by atoms with Crippen LogP contribution in [0.2, 0.25) is 0 Å². The highest BCUT2D eigenvalue weighted by Crippen LogP contribution is 2.27. The molecule has 2 fully saturated rings. The Kier molecular flexibility index (Phi) is 5.94. The fourth-order valence-corrected chi connectivity index (χ4v) is 4.99. The molecule has 37 heavy (non-hydrogen) atoms. The Morgan fingerprint density at radius 2 is 1.97 bits per heavy atom. The number of aromatic nitrogens is 5. The number of rotatable bonds is 6. The summed E-state index contributed by atoms with van der Waals surface area (Å²) in [4.78, 5) is 24.2. The van der Waals surface area contributed by atoms with Crippen molar-refractivity contribution in [3.63, 3.8) is 0 Å². The zero-order chi connectivity index (χ0) is 25.5. The highest BCUT2D eigenvalue weighted by Gasteiger charge is 2.30. The Labute approximate surface area is 214 Å². The molecule has 4 aromatic rings. The number of ether oxygens (including phenoxy) is 2. The van der Waals surface area contributed by atoms with Gasteiger partial charge in [-0.3, -0.25) is 14.3 Å². The maximum absolute atomic E-state index is 12.3. The van der Waals surface area contributed by atoms with Crippen LogP contribution in [0.15, 0.2) is 42.7 Å². The number of Topliss-reactive ketones (excluding diaryl/α,β-unsaturated/α-hetero) is 1. The first-order chi connectivity index (χ1) is 18.0. The lowest BCUT2D eigenvalue weighted by atomic mass is 10.0. The lowest BCUT2D eigenvalue weighted by molar-refractivity contribution is -0.0778. The minimum atomic E-state index is -0.133. The Morgan fingerprint density at radius 3 is 2.65 bits per heavy atom. The summed E-state index contributed by atoms with van der Waals surface area (Å²) in [5.41, 5.74) is 3.07. The van der Waals surface area contributed by atoms with Crippen LogP contribution in [-0.2, 0) is 4.74 Å². The van der Waals surface area contributed by atoms with Crippen LogP contribution in [0, 0.1) is 18.3 Å². The molecular weight excluding hydrogens is 470 g/mol. The number of carbonyl (C=O) groups excluding carboxylic acids is 1. The smallest absolute Gasteiger partial charge is 0.166 e. The molecule has 188 valence electrons. The first-order valence-electron chi connectivity index (χ1n) is 12.4. The van der Waals surface area contributed by atoms with E-state index in [-0.39, 0.29) is 17.6 Å². The van der Waals surface area contributed by atoms with Crippen LogP contribution in [0.3, 0.4) is 0 Å². The molecule has 0 spiro atoms. The van der Waals surface area contributed by atoms with Gasteiger partial charge in [0.05, 0.1) is 35.9 Å². The van der Waals surface area contributed by atoms with Gasteiger partial charge in [-0.2, -0.15) is 10.4 Å². The van der Waals surface area contributed by atoms with Crippen molar-refractivity contribution in [3.8, 4) is 23.5 Å². The lowest BCUT2D eigenvalue weighted by Gasteiger charge is -2.41. The first kappa shape index (κ1) is 23.3. The normalized spacial score (nSPS) is 17.0. The topological polar surface area (TPSA) is 111 Å². The number of likely N-dealkylation sites (tertiary alicyclic amines) is 1. The Bertz CT molecular complexity index is 1520. The van der Waals surface area contributed by atoms with Crippen LogP contribution < -0.4 is 4.74 Å². The van der Waals surface area contributed by atoms with Gasteiger partial charge in [0, 0.05) is 24.8 Å². The molecule has 0 N–H and O–H groups in total.